The number of fused-ring (bicyclic) bond motifs is 5. The average Bonchev–Trinajstić information content (AvgIpc) is 3.04. The maximum Gasteiger partial charge on any atom is 0.254 e. The number of hydrogen-bond acceptors (Lipinski definition) is 9. The number of benzene rings is 2. The first-order chi connectivity index (χ1) is 21.4. The van der Waals surface area contributed by atoms with Crippen LogP contribution in [-0.2, 0) is 27.4 Å². The van der Waals surface area contributed by atoms with Gasteiger partial charge in [0.25, 0.3) is 5.91 Å². The fourth-order valence-electron chi connectivity index (χ4n) is 5.62. The third kappa shape index (κ3) is 8.04. The number of pyridine rings is 1. The van der Waals surface area contributed by atoms with E-state index in [-0.39, 0.29) is 30.5 Å². The lowest BCUT2D eigenvalue weighted by Gasteiger charge is -2.39. The Labute approximate surface area is 258 Å². The van der Waals surface area contributed by atoms with Crippen LogP contribution in [0.3, 0.4) is 0 Å². The number of likely N-dealkylation sites (tertiary alicyclic amines) is 1. The predicted octanol–water partition coefficient (Wildman–Crippen LogP) is 3.69. The molecule has 0 aliphatic carbocycles. The molecule has 44 heavy (non-hydrogen) atoms. The summed E-state index contributed by atoms with van der Waals surface area (Å²) in [5, 5.41) is 6.19. The highest BCUT2D eigenvalue weighted by Gasteiger charge is 2.34. The molecule has 5 rings (SSSR count). The monoisotopic (exact) mass is 603 g/mol. The van der Waals surface area contributed by atoms with Gasteiger partial charge in [0.2, 0.25) is 5.91 Å². The smallest absolute Gasteiger partial charge is 0.254 e. The van der Waals surface area contributed by atoms with Crippen LogP contribution in [-0.4, -0.2) is 92.8 Å². The highest BCUT2D eigenvalue weighted by molar-refractivity contribution is 5.95. The van der Waals surface area contributed by atoms with E-state index in [9.17, 15) is 9.59 Å². The van der Waals surface area contributed by atoms with E-state index in [1.807, 2.05) is 42.5 Å². The van der Waals surface area contributed by atoms with Gasteiger partial charge in [0.15, 0.2) is 11.5 Å². The minimum Gasteiger partial charge on any atom is -0.493 e. The summed E-state index contributed by atoms with van der Waals surface area (Å²) in [6.45, 7) is 3.13. The Hall–Kier alpha value is -4.19. The van der Waals surface area contributed by atoms with E-state index in [4.69, 9.17) is 18.9 Å². The molecule has 1 aromatic heterocycles. The van der Waals surface area contributed by atoms with E-state index in [1.165, 1.54) is 0 Å². The zero-order valence-corrected chi connectivity index (χ0v) is 25.6. The van der Waals surface area contributed by atoms with Crippen LogP contribution in [0.25, 0.3) is 0 Å². The van der Waals surface area contributed by atoms with E-state index in [0.717, 1.165) is 17.5 Å². The van der Waals surface area contributed by atoms with Crippen molar-refractivity contribution in [1.29, 1.82) is 0 Å². The van der Waals surface area contributed by atoms with Crippen molar-refractivity contribution in [2.24, 2.45) is 0 Å². The molecule has 0 spiro atoms. The van der Waals surface area contributed by atoms with Crippen LogP contribution in [0.2, 0.25) is 0 Å². The molecule has 3 aromatic rings. The number of ether oxygens (including phenoxy) is 4. The first-order valence-electron chi connectivity index (χ1n) is 14.9. The van der Waals surface area contributed by atoms with Crippen molar-refractivity contribution >= 4 is 17.6 Å². The number of anilines is 1. The largest absolute Gasteiger partial charge is 0.493 e. The highest BCUT2D eigenvalue weighted by Crippen LogP contribution is 2.33. The molecule has 11 heteroatoms. The van der Waals surface area contributed by atoms with Gasteiger partial charge in [0, 0.05) is 58.7 Å². The summed E-state index contributed by atoms with van der Waals surface area (Å²) in [6.07, 6.45) is 2.69. The van der Waals surface area contributed by atoms with Gasteiger partial charge in [0.05, 0.1) is 32.4 Å². The number of methoxy groups -OCH3 is 2. The number of hydrogen-bond donors (Lipinski definition) is 2. The maximum absolute atomic E-state index is 13.6. The Morgan fingerprint density at radius 1 is 1.11 bits per heavy atom. The summed E-state index contributed by atoms with van der Waals surface area (Å²) in [7, 11) is 5.05. The van der Waals surface area contributed by atoms with Crippen molar-refractivity contribution in [3.63, 3.8) is 0 Å². The Morgan fingerprint density at radius 3 is 2.82 bits per heavy atom. The molecular formula is C33H41N5O6. The van der Waals surface area contributed by atoms with Crippen molar-refractivity contribution in [2.45, 2.75) is 38.1 Å². The van der Waals surface area contributed by atoms with Crippen LogP contribution in [0.1, 0.15) is 34.3 Å². The molecule has 2 aliphatic rings. The fourth-order valence-corrected chi connectivity index (χ4v) is 5.62. The van der Waals surface area contributed by atoms with Gasteiger partial charge >= 0.3 is 0 Å². The predicted molar refractivity (Wildman–Crippen MR) is 166 cm³/mol. The molecule has 11 nitrogen and oxygen atoms in total. The standard InChI is InChI=1S/C33H41N5O6/c1-34-31-18-25(10-12-35-31)33(40)38-14-11-28-27(20-38)36-32(39)21-37(13-5-15-41-2)19-23-8-9-29(42-3)30(17-23)44-26-7-4-6-24(16-26)22-43-28/h4,6-10,12,16-18,27-28H,5,11,13-15,19-22H2,1-3H3,(H,34,35)(H,36,39)/t27-,28+/m0/s1. The van der Waals surface area contributed by atoms with Gasteiger partial charge in [-0.25, -0.2) is 4.98 Å². The summed E-state index contributed by atoms with van der Waals surface area (Å²) < 4.78 is 23.6. The lowest BCUT2D eigenvalue weighted by molar-refractivity contribution is -0.125. The van der Waals surface area contributed by atoms with Crippen LogP contribution >= 0.6 is 0 Å². The van der Waals surface area contributed by atoms with Crippen molar-refractivity contribution < 1.29 is 28.5 Å². The van der Waals surface area contributed by atoms with E-state index in [1.54, 1.807) is 44.5 Å². The Balaban J connectivity index is 1.41. The van der Waals surface area contributed by atoms with Crippen molar-refractivity contribution in [2.75, 3.05) is 59.4 Å². The minimum atomic E-state index is -0.383. The molecule has 2 atom stereocenters. The Kier molecular flexibility index (Phi) is 10.7. The first kappa shape index (κ1) is 31.2. The Morgan fingerprint density at radius 2 is 2.00 bits per heavy atom. The molecular weight excluding hydrogens is 562 g/mol. The van der Waals surface area contributed by atoms with E-state index >= 15 is 0 Å². The number of nitrogens with zero attached hydrogens (tertiary/aromatic N) is 3. The number of piperidine rings is 1. The summed E-state index contributed by atoms with van der Waals surface area (Å²) in [4.78, 5) is 35.1. The third-order valence-corrected chi connectivity index (χ3v) is 7.86. The van der Waals surface area contributed by atoms with Gasteiger partial charge < -0.3 is 34.5 Å². The minimum absolute atomic E-state index is 0.106. The molecule has 3 heterocycles. The Bertz CT molecular complexity index is 1440. The number of nitrogens with one attached hydrogen (secondary N) is 2. The van der Waals surface area contributed by atoms with Crippen LogP contribution < -0.4 is 20.1 Å². The first-order valence-corrected chi connectivity index (χ1v) is 14.9. The number of rotatable bonds is 7. The third-order valence-electron chi connectivity index (χ3n) is 7.86. The van der Waals surface area contributed by atoms with Crippen molar-refractivity contribution in [3.05, 3.63) is 77.5 Å². The van der Waals surface area contributed by atoms with Gasteiger partial charge in [-0.3, -0.25) is 14.5 Å². The maximum atomic E-state index is 13.6. The number of carbonyl (C=O) groups excluding carboxylic acids is 2. The quantitative estimate of drug-likeness (QED) is 0.390. The second-order valence-electron chi connectivity index (χ2n) is 11.0. The SMILES string of the molecule is CNc1cc(C(=O)N2CC[C@H]3OCc4cccc(c4)Oc4cc(ccc4OC)CN(CCCOC)CC(=O)N[C@H]3C2)ccn1. The van der Waals surface area contributed by atoms with Gasteiger partial charge in [-0.05, 0) is 60.4 Å². The lowest BCUT2D eigenvalue weighted by Crippen LogP contribution is -2.58. The lowest BCUT2D eigenvalue weighted by atomic mass is 10.0. The summed E-state index contributed by atoms with van der Waals surface area (Å²) >= 11 is 0. The van der Waals surface area contributed by atoms with Gasteiger partial charge in [-0.15, -0.1) is 0 Å². The van der Waals surface area contributed by atoms with E-state index in [2.05, 4.69) is 20.5 Å². The van der Waals surface area contributed by atoms with Gasteiger partial charge in [-0.2, -0.15) is 0 Å². The molecule has 4 bridgehead atoms. The molecule has 2 amide bonds. The number of aromatic nitrogens is 1. The molecule has 0 saturated carbocycles. The van der Waals surface area contributed by atoms with Gasteiger partial charge in [-0.1, -0.05) is 18.2 Å². The van der Waals surface area contributed by atoms with Crippen molar-refractivity contribution in [1.82, 2.24) is 20.1 Å². The van der Waals surface area contributed by atoms with Gasteiger partial charge in [0.1, 0.15) is 11.6 Å². The summed E-state index contributed by atoms with van der Waals surface area (Å²) in [5.41, 5.74) is 2.47. The zero-order chi connectivity index (χ0) is 30.9. The molecule has 2 aliphatic heterocycles. The molecule has 1 fully saturated rings. The van der Waals surface area contributed by atoms with Crippen molar-refractivity contribution in [3.8, 4) is 17.2 Å². The van der Waals surface area contributed by atoms with E-state index < -0.39 is 0 Å². The highest BCUT2D eigenvalue weighted by atomic mass is 16.5. The summed E-state index contributed by atoms with van der Waals surface area (Å²) in [5.74, 6) is 2.29. The molecule has 2 aromatic carbocycles. The molecule has 234 valence electrons. The average molecular weight is 604 g/mol. The second-order valence-corrected chi connectivity index (χ2v) is 11.0. The fraction of sp³-hybridized carbons (Fsp3) is 0.424. The summed E-state index contributed by atoms with van der Waals surface area (Å²) in [6, 6.07) is 16.7. The number of carbonyl (C=O) groups is 2. The second kappa shape index (κ2) is 15.0. The van der Waals surface area contributed by atoms with Crippen LogP contribution in [0, 0.1) is 0 Å². The molecule has 2 N–H and O–H groups in total. The molecule has 0 unspecified atom stereocenters. The molecule has 1 saturated heterocycles. The topological polar surface area (TPSA) is 114 Å². The number of amides is 2. The normalized spacial score (nSPS) is 19.3. The van der Waals surface area contributed by atoms with E-state index in [0.29, 0.717) is 74.4 Å². The van der Waals surface area contributed by atoms with Crippen LogP contribution in [0.4, 0.5) is 5.82 Å². The zero-order valence-electron chi connectivity index (χ0n) is 25.6. The van der Waals surface area contributed by atoms with Crippen LogP contribution in [0.15, 0.2) is 60.8 Å². The molecule has 0 radical (unpaired) electrons. The van der Waals surface area contributed by atoms with Crippen LogP contribution in [0.5, 0.6) is 17.2 Å².